The topological polar surface area (TPSA) is 109 Å². The van der Waals surface area contributed by atoms with Gasteiger partial charge >= 0.3 is 6.03 Å². The molecule has 202 valence electrons. The molecular weight excluding hydrogens is 486 g/mol. The van der Waals surface area contributed by atoms with Crippen molar-refractivity contribution in [2.24, 2.45) is 0 Å². The van der Waals surface area contributed by atoms with E-state index in [2.05, 4.69) is 16.9 Å². The smallest absolute Gasteiger partial charge is 0.334 e. The Morgan fingerprint density at radius 1 is 1.11 bits per heavy atom. The van der Waals surface area contributed by atoms with Crippen LogP contribution in [-0.4, -0.2) is 107 Å². The average molecular weight is 522 g/mol. The van der Waals surface area contributed by atoms with Gasteiger partial charge in [-0.25, -0.2) is 19.8 Å². The summed E-state index contributed by atoms with van der Waals surface area (Å²) < 4.78 is 0. The van der Waals surface area contributed by atoms with Gasteiger partial charge < -0.3 is 19.9 Å². The normalized spacial score (nSPS) is 15.9. The minimum atomic E-state index is -0.756. The van der Waals surface area contributed by atoms with Crippen LogP contribution in [0.5, 0.6) is 0 Å². The van der Waals surface area contributed by atoms with Gasteiger partial charge in [-0.3, -0.25) is 14.5 Å². The van der Waals surface area contributed by atoms with Gasteiger partial charge in [0.2, 0.25) is 5.91 Å². The molecule has 0 spiro atoms. The summed E-state index contributed by atoms with van der Waals surface area (Å²) in [5, 5.41) is 6.05. The number of aldehydes is 1. The quantitative estimate of drug-likeness (QED) is 0.350. The predicted molar refractivity (Wildman–Crippen MR) is 142 cm³/mol. The SMILES string of the molecule is C=CCN1CC(=O)N(CC=O)C(CN(C)Cc2cccc(C(=O)N(C)C)n2)N1C(=O)NCc1ccccc1. The van der Waals surface area contributed by atoms with Crippen LogP contribution >= 0.6 is 0 Å². The molecule has 1 unspecified atom stereocenters. The molecule has 1 atom stereocenters. The highest BCUT2D eigenvalue weighted by Gasteiger charge is 2.41. The number of carbonyl (C=O) groups excluding carboxylic acids is 4. The van der Waals surface area contributed by atoms with Crippen LogP contribution in [0.1, 0.15) is 21.7 Å². The summed E-state index contributed by atoms with van der Waals surface area (Å²) in [4.78, 5) is 59.6. The van der Waals surface area contributed by atoms with E-state index in [-0.39, 0.29) is 38.0 Å². The average Bonchev–Trinajstić information content (AvgIpc) is 2.90. The van der Waals surface area contributed by atoms with E-state index >= 15 is 0 Å². The molecule has 0 bridgehead atoms. The van der Waals surface area contributed by atoms with Crippen LogP contribution in [0.15, 0.2) is 61.2 Å². The van der Waals surface area contributed by atoms with Gasteiger partial charge in [0, 0.05) is 40.3 Å². The van der Waals surface area contributed by atoms with Gasteiger partial charge in [-0.15, -0.1) is 6.58 Å². The van der Waals surface area contributed by atoms with E-state index in [1.165, 1.54) is 14.8 Å². The second kappa shape index (κ2) is 13.5. The number of benzene rings is 1. The molecule has 3 rings (SSSR count). The summed E-state index contributed by atoms with van der Waals surface area (Å²) in [6, 6.07) is 14.3. The molecule has 1 aliphatic rings. The van der Waals surface area contributed by atoms with Crippen molar-refractivity contribution in [2.75, 3.05) is 47.3 Å². The Morgan fingerprint density at radius 2 is 1.84 bits per heavy atom. The van der Waals surface area contributed by atoms with Gasteiger partial charge in [0.1, 0.15) is 18.1 Å². The van der Waals surface area contributed by atoms with E-state index in [9.17, 15) is 19.2 Å². The molecule has 0 aliphatic carbocycles. The first-order chi connectivity index (χ1) is 18.2. The zero-order chi connectivity index (χ0) is 27.7. The van der Waals surface area contributed by atoms with Crippen molar-refractivity contribution in [1.82, 2.24) is 35.0 Å². The monoisotopic (exact) mass is 521 g/mol. The number of nitrogens with one attached hydrogen (secondary N) is 1. The lowest BCUT2D eigenvalue weighted by molar-refractivity contribution is -0.167. The Balaban J connectivity index is 1.84. The van der Waals surface area contributed by atoms with Crippen LogP contribution < -0.4 is 5.32 Å². The molecule has 11 heteroatoms. The summed E-state index contributed by atoms with van der Waals surface area (Å²) in [5.41, 5.74) is 1.92. The van der Waals surface area contributed by atoms with Gasteiger partial charge in [-0.05, 0) is 24.7 Å². The second-order valence-electron chi connectivity index (χ2n) is 9.23. The lowest BCUT2D eigenvalue weighted by Crippen LogP contribution is -2.70. The lowest BCUT2D eigenvalue weighted by Gasteiger charge is -2.49. The molecule has 1 aromatic carbocycles. The minimum Gasteiger partial charge on any atom is -0.343 e. The highest BCUT2D eigenvalue weighted by molar-refractivity contribution is 5.91. The Labute approximate surface area is 223 Å². The lowest BCUT2D eigenvalue weighted by atomic mass is 10.2. The van der Waals surface area contributed by atoms with Crippen LogP contribution in [0, 0.1) is 0 Å². The number of hydrogen-bond acceptors (Lipinski definition) is 7. The fourth-order valence-corrected chi connectivity index (χ4v) is 4.25. The minimum absolute atomic E-state index is 0.0604. The number of nitrogens with zero attached hydrogens (tertiary/aromatic N) is 6. The Bertz CT molecular complexity index is 1140. The van der Waals surface area contributed by atoms with Crippen LogP contribution in [-0.2, 0) is 22.7 Å². The summed E-state index contributed by atoms with van der Waals surface area (Å²) in [6.07, 6.45) is 1.53. The summed E-state index contributed by atoms with van der Waals surface area (Å²) in [5.74, 6) is -0.466. The summed E-state index contributed by atoms with van der Waals surface area (Å²) in [6.45, 7) is 4.73. The molecule has 0 saturated carbocycles. The standard InChI is InChI=1S/C27H35N7O4/c1-5-14-32-20-25(36)33(15-16-35)24(34(32)27(38)28-17-21-10-7-6-8-11-21)19-31(4)18-22-12-9-13-23(29-22)26(37)30(2)3/h5-13,16,24H,1,14-15,17-20H2,2-4H3,(H,28,38). The van der Waals surface area contributed by atoms with Crippen molar-refractivity contribution in [3.63, 3.8) is 0 Å². The number of hydrogen-bond donors (Lipinski definition) is 1. The number of aromatic nitrogens is 1. The second-order valence-corrected chi connectivity index (χ2v) is 9.23. The maximum absolute atomic E-state index is 13.5. The third-order valence-electron chi connectivity index (χ3n) is 6.03. The number of hydrazine groups is 1. The molecule has 11 nitrogen and oxygen atoms in total. The Morgan fingerprint density at radius 3 is 2.50 bits per heavy atom. The molecule has 2 heterocycles. The van der Waals surface area contributed by atoms with E-state index in [0.29, 0.717) is 30.8 Å². The fraction of sp³-hybridized carbons (Fsp3) is 0.370. The zero-order valence-corrected chi connectivity index (χ0v) is 22.1. The van der Waals surface area contributed by atoms with Crippen LogP contribution in [0.2, 0.25) is 0 Å². The molecule has 1 N–H and O–H groups in total. The van der Waals surface area contributed by atoms with Crippen molar-refractivity contribution in [3.8, 4) is 0 Å². The first-order valence-corrected chi connectivity index (χ1v) is 12.3. The molecule has 1 saturated heterocycles. The van der Waals surface area contributed by atoms with Crippen molar-refractivity contribution < 1.29 is 19.2 Å². The molecule has 1 aromatic heterocycles. The number of amides is 4. The van der Waals surface area contributed by atoms with E-state index in [1.54, 1.807) is 37.3 Å². The molecule has 38 heavy (non-hydrogen) atoms. The zero-order valence-electron chi connectivity index (χ0n) is 22.1. The van der Waals surface area contributed by atoms with E-state index in [4.69, 9.17) is 0 Å². The molecular formula is C27H35N7O4. The summed E-state index contributed by atoms with van der Waals surface area (Å²) in [7, 11) is 5.16. The Kier molecular flexibility index (Phi) is 10.1. The summed E-state index contributed by atoms with van der Waals surface area (Å²) >= 11 is 0. The van der Waals surface area contributed by atoms with Crippen molar-refractivity contribution in [1.29, 1.82) is 0 Å². The molecule has 1 aliphatic heterocycles. The first kappa shape index (κ1) is 28.5. The fourth-order valence-electron chi connectivity index (χ4n) is 4.25. The van der Waals surface area contributed by atoms with E-state index < -0.39 is 12.2 Å². The third-order valence-corrected chi connectivity index (χ3v) is 6.03. The number of carbonyl (C=O) groups is 4. The maximum Gasteiger partial charge on any atom is 0.334 e. The predicted octanol–water partition coefficient (Wildman–Crippen LogP) is 1.20. The highest BCUT2D eigenvalue weighted by atomic mass is 16.2. The number of rotatable bonds is 11. The number of pyridine rings is 1. The van der Waals surface area contributed by atoms with Gasteiger partial charge in [0.05, 0.1) is 18.8 Å². The Hall–Kier alpha value is -4.09. The van der Waals surface area contributed by atoms with Gasteiger partial charge in [0.25, 0.3) is 5.91 Å². The van der Waals surface area contributed by atoms with Gasteiger partial charge in [-0.2, -0.15) is 0 Å². The third kappa shape index (κ3) is 7.24. The molecule has 0 radical (unpaired) electrons. The number of urea groups is 1. The van der Waals surface area contributed by atoms with E-state index in [1.807, 2.05) is 48.3 Å². The number of likely N-dealkylation sites (N-methyl/N-ethyl adjacent to an activating group) is 1. The molecule has 2 aromatic rings. The van der Waals surface area contributed by atoms with Gasteiger partial charge in [0.15, 0.2) is 0 Å². The largest absolute Gasteiger partial charge is 0.343 e. The first-order valence-electron chi connectivity index (χ1n) is 12.3. The van der Waals surface area contributed by atoms with Gasteiger partial charge in [-0.1, -0.05) is 42.5 Å². The van der Waals surface area contributed by atoms with Crippen LogP contribution in [0.4, 0.5) is 4.79 Å². The van der Waals surface area contributed by atoms with Crippen LogP contribution in [0.25, 0.3) is 0 Å². The van der Waals surface area contributed by atoms with Crippen LogP contribution in [0.3, 0.4) is 0 Å². The van der Waals surface area contributed by atoms with Crippen molar-refractivity contribution in [3.05, 3.63) is 78.1 Å². The van der Waals surface area contributed by atoms with E-state index in [0.717, 1.165) is 5.56 Å². The van der Waals surface area contributed by atoms with Crippen molar-refractivity contribution >= 4 is 24.1 Å². The maximum atomic E-state index is 13.5. The molecule has 1 fully saturated rings. The highest BCUT2D eigenvalue weighted by Crippen LogP contribution is 2.19. The molecule has 4 amide bonds. The van der Waals surface area contributed by atoms with Crippen molar-refractivity contribution in [2.45, 2.75) is 19.3 Å².